The molecule has 0 aliphatic heterocycles. The van der Waals surface area contributed by atoms with E-state index in [1.165, 1.54) is 12.4 Å². The lowest BCUT2D eigenvalue weighted by atomic mass is 10.2. The highest BCUT2D eigenvalue weighted by Crippen LogP contribution is 2.19. The van der Waals surface area contributed by atoms with Crippen molar-refractivity contribution in [1.29, 1.82) is 0 Å². The summed E-state index contributed by atoms with van der Waals surface area (Å²) >= 11 is 2.17. The Labute approximate surface area is 113 Å². The number of nitrogens with zero attached hydrogens (tertiary/aromatic N) is 3. The normalized spacial score (nSPS) is 10.3. The largest absolute Gasteiger partial charge is 0.354 e. The zero-order valence-corrected chi connectivity index (χ0v) is 11.4. The molecule has 88 valence electrons. The van der Waals surface area contributed by atoms with Crippen molar-refractivity contribution in [2.75, 3.05) is 11.9 Å². The van der Waals surface area contributed by atoms with Crippen molar-refractivity contribution >= 4 is 28.4 Å². The summed E-state index contributed by atoms with van der Waals surface area (Å²) in [7, 11) is 1.89. The molecule has 0 fully saturated rings. The number of halogens is 2. The predicted octanol–water partition coefficient (Wildman–Crippen LogP) is 2.86. The second kappa shape index (κ2) is 5.39. The van der Waals surface area contributed by atoms with E-state index >= 15 is 0 Å². The number of anilines is 1. The smallest absolute Gasteiger partial charge is 0.145 e. The lowest BCUT2D eigenvalue weighted by molar-refractivity contribution is 0.607. The van der Waals surface area contributed by atoms with Gasteiger partial charge in [0.2, 0.25) is 0 Å². The van der Waals surface area contributed by atoms with Gasteiger partial charge < -0.3 is 4.90 Å². The fourth-order valence-corrected chi connectivity index (χ4v) is 2.26. The third-order valence-corrected chi connectivity index (χ3v) is 3.14. The second-order valence-corrected chi connectivity index (χ2v) is 4.80. The Bertz CT molecular complexity index is 519. The van der Waals surface area contributed by atoms with Gasteiger partial charge in [0.15, 0.2) is 0 Å². The third-order valence-electron chi connectivity index (χ3n) is 2.38. The number of hydrogen-bond donors (Lipinski definition) is 0. The zero-order chi connectivity index (χ0) is 12.3. The standard InChI is InChI=1S/C12H11FIN3/c1-17(12-11(14)6-15-8-16-12)7-9-4-2-3-5-10(9)13/h2-6,8H,7H2,1H3. The summed E-state index contributed by atoms with van der Waals surface area (Å²) < 4.78 is 14.5. The maximum Gasteiger partial charge on any atom is 0.145 e. The topological polar surface area (TPSA) is 29.0 Å². The fraction of sp³-hybridized carbons (Fsp3) is 0.167. The Hall–Kier alpha value is -1.24. The van der Waals surface area contributed by atoms with Crippen LogP contribution in [-0.4, -0.2) is 17.0 Å². The molecular formula is C12H11FIN3. The minimum Gasteiger partial charge on any atom is -0.354 e. The summed E-state index contributed by atoms with van der Waals surface area (Å²) in [6.45, 7) is 0.486. The lowest BCUT2D eigenvalue weighted by Crippen LogP contribution is -2.19. The van der Waals surface area contributed by atoms with E-state index in [4.69, 9.17) is 0 Å². The van der Waals surface area contributed by atoms with Crippen LogP contribution in [0.5, 0.6) is 0 Å². The molecule has 0 aliphatic carbocycles. The van der Waals surface area contributed by atoms with Crippen LogP contribution >= 0.6 is 22.6 Å². The molecule has 0 amide bonds. The Morgan fingerprint density at radius 3 is 2.82 bits per heavy atom. The van der Waals surface area contributed by atoms with Crippen molar-refractivity contribution in [3.05, 3.63) is 51.7 Å². The molecule has 0 atom stereocenters. The average Bonchev–Trinajstić information content (AvgIpc) is 2.32. The van der Waals surface area contributed by atoms with Crippen LogP contribution in [0.2, 0.25) is 0 Å². The van der Waals surface area contributed by atoms with E-state index < -0.39 is 0 Å². The Morgan fingerprint density at radius 1 is 1.35 bits per heavy atom. The van der Waals surface area contributed by atoms with E-state index in [0.717, 1.165) is 9.39 Å². The molecule has 0 aliphatic rings. The molecule has 5 heteroatoms. The first-order chi connectivity index (χ1) is 8.18. The van der Waals surface area contributed by atoms with Crippen LogP contribution in [0.4, 0.5) is 10.2 Å². The van der Waals surface area contributed by atoms with Crippen LogP contribution < -0.4 is 4.90 Å². The molecule has 0 radical (unpaired) electrons. The molecule has 1 heterocycles. The first-order valence-electron chi connectivity index (χ1n) is 5.08. The summed E-state index contributed by atoms with van der Waals surface area (Å²) in [6.07, 6.45) is 3.23. The van der Waals surface area contributed by atoms with Gasteiger partial charge in [0.1, 0.15) is 18.0 Å². The summed E-state index contributed by atoms with van der Waals surface area (Å²) in [4.78, 5) is 10.0. The summed E-state index contributed by atoms with van der Waals surface area (Å²) in [5.41, 5.74) is 0.657. The molecule has 1 aromatic carbocycles. The number of aromatic nitrogens is 2. The molecule has 3 nitrogen and oxygen atoms in total. The van der Waals surface area contributed by atoms with E-state index in [1.54, 1.807) is 18.3 Å². The van der Waals surface area contributed by atoms with Gasteiger partial charge in [0, 0.05) is 25.4 Å². The van der Waals surface area contributed by atoms with Crippen molar-refractivity contribution in [2.45, 2.75) is 6.54 Å². The maximum atomic E-state index is 13.5. The molecule has 17 heavy (non-hydrogen) atoms. The minimum absolute atomic E-state index is 0.191. The SMILES string of the molecule is CN(Cc1ccccc1F)c1ncncc1I. The van der Waals surface area contributed by atoms with Gasteiger partial charge in [0.25, 0.3) is 0 Å². The quantitative estimate of drug-likeness (QED) is 0.803. The van der Waals surface area contributed by atoms with Crippen molar-refractivity contribution < 1.29 is 4.39 Å². The Balaban J connectivity index is 2.20. The molecule has 1 aromatic heterocycles. The van der Waals surface area contributed by atoms with Gasteiger partial charge in [0.05, 0.1) is 3.57 Å². The zero-order valence-electron chi connectivity index (χ0n) is 9.27. The maximum absolute atomic E-state index is 13.5. The molecule has 0 saturated heterocycles. The number of benzene rings is 1. The van der Waals surface area contributed by atoms with Crippen LogP contribution in [0.25, 0.3) is 0 Å². The molecule has 2 aromatic rings. The van der Waals surface area contributed by atoms with E-state index in [2.05, 4.69) is 32.6 Å². The van der Waals surface area contributed by atoms with Crippen LogP contribution in [0.3, 0.4) is 0 Å². The van der Waals surface area contributed by atoms with Crippen molar-refractivity contribution in [2.24, 2.45) is 0 Å². The van der Waals surface area contributed by atoms with Gasteiger partial charge in [-0.2, -0.15) is 0 Å². The van der Waals surface area contributed by atoms with Crippen molar-refractivity contribution in [3.63, 3.8) is 0 Å². The summed E-state index contributed by atoms with van der Waals surface area (Å²) in [5.74, 6) is 0.618. The molecule has 2 rings (SSSR count). The minimum atomic E-state index is -0.191. The van der Waals surface area contributed by atoms with Gasteiger partial charge in [-0.05, 0) is 28.7 Å². The average molecular weight is 343 g/mol. The van der Waals surface area contributed by atoms with Gasteiger partial charge in [-0.15, -0.1) is 0 Å². The van der Waals surface area contributed by atoms with Crippen molar-refractivity contribution in [1.82, 2.24) is 9.97 Å². The fourth-order valence-electron chi connectivity index (χ4n) is 1.54. The third kappa shape index (κ3) is 2.91. The highest BCUT2D eigenvalue weighted by Gasteiger charge is 2.09. The van der Waals surface area contributed by atoms with E-state index in [0.29, 0.717) is 12.1 Å². The van der Waals surface area contributed by atoms with E-state index in [9.17, 15) is 4.39 Å². The molecule has 0 N–H and O–H groups in total. The summed E-state index contributed by atoms with van der Waals surface area (Å²) in [5, 5.41) is 0. The summed E-state index contributed by atoms with van der Waals surface area (Å²) in [6, 6.07) is 6.76. The monoisotopic (exact) mass is 343 g/mol. The van der Waals surface area contributed by atoms with Crippen molar-refractivity contribution in [3.8, 4) is 0 Å². The molecule has 0 bridgehead atoms. The molecule has 0 spiro atoms. The van der Waals surface area contributed by atoms with Gasteiger partial charge in [-0.25, -0.2) is 14.4 Å². The highest BCUT2D eigenvalue weighted by atomic mass is 127. The lowest BCUT2D eigenvalue weighted by Gasteiger charge is -2.19. The van der Waals surface area contributed by atoms with Gasteiger partial charge >= 0.3 is 0 Å². The van der Waals surface area contributed by atoms with Gasteiger partial charge in [-0.1, -0.05) is 18.2 Å². The highest BCUT2D eigenvalue weighted by molar-refractivity contribution is 14.1. The molecule has 0 saturated carbocycles. The first-order valence-corrected chi connectivity index (χ1v) is 6.16. The van der Waals surface area contributed by atoms with E-state index in [-0.39, 0.29) is 5.82 Å². The first kappa shape index (κ1) is 12.2. The van der Waals surface area contributed by atoms with E-state index in [1.807, 2.05) is 18.0 Å². The number of rotatable bonds is 3. The predicted molar refractivity (Wildman–Crippen MR) is 73.3 cm³/mol. The van der Waals surface area contributed by atoms with Gasteiger partial charge in [-0.3, -0.25) is 0 Å². The van der Waals surface area contributed by atoms with Crippen LogP contribution in [-0.2, 0) is 6.54 Å². The number of hydrogen-bond acceptors (Lipinski definition) is 3. The Kier molecular flexibility index (Phi) is 3.88. The molecule has 0 unspecified atom stereocenters. The Morgan fingerprint density at radius 2 is 2.12 bits per heavy atom. The van der Waals surface area contributed by atoms with Crippen LogP contribution in [0.15, 0.2) is 36.8 Å². The molecular weight excluding hydrogens is 332 g/mol. The van der Waals surface area contributed by atoms with Crippen LogP contribution in [0.1, 0.15) is 5.56 Å². The second-order valence-electron chi connectivity index (χ2n) is 3.64. The van der Waals surface area contributed by atoms with Crippen LogP contribution in [0, 0.1) is 9.39 Å².